The molecular weight excluding hydrogens is 761 g/mol. The Morgan fingerprint density at radius 3 is 2.35 bits per heavy atom. The molecular formula is C47H64N6O7. The quantitative estimate of drug-likeness (QED) is 0.143. The van der Waals surface area contributed by atoms with Crippen LogP contribution in [0.25, 0.3) is 11.1 Å². The van der Waals surface area contributed by atoms with E-state index in [0.29, 0.717) is 70.8 Å². The van der Waals surface area contributed by atoms with Crippen LogP contribution in [-0.2, 0) is 27.4 Å². The standard InChI is InChI=1S/C47H64N6O7/c1-28-37-21-33(45(37,2)3)22-38(28)50-44(57)42-47(27-46(47,4)58)39(26-54)60-53(42)23-30-15-12-16-36(41(30)59-8)31-18-32(20-35(19-31)52(7)25-40(48)55)43(56)49-34(24-51(5)6)17-29-13-10-9-11-14-29/h9-16,18-20,28,33-34,37-39,42,54,58H,17,21-27H2,1-8H3,(H2,48,55)(H,49,56)(H,50,57)/t28-,33+,34-,37-,38-,39-,42+,46?,47+/m0/s1. The molecule has 8 rings (SSSR count). The minimum Gasteiger partial charge on any atom is -0.496 e. The number of methoxy groups -OCH3 is 1. The SMILES string of the molecule is COc1c(CN2O[C@@H](CO)[C@]3(CC3(C)O)[C@H]2C(=O)N[C@H]2C[C@H]3C[C@@H]([C@@H]2C)C3(C)C)cccc1-c1cc(C(=O)N[C@@H](Cc2ccccc2)CN(C)C)cc(N(C)CC(N)=O)c1. The van der Waals surface area contributed by atoms with Crippen molar-refractivity contribution < 1.29 is 34.2 Å². The van der Waals surface area contributed by atoms with Crippen LogP contribution in [0.1, 0.15) is 68.4 Å². The maximum atomic E-state index is 14.6. The van der Waals surface area contributed by atoms with E-state index in [2.05, 4.69) is 31.4 Å². The number of benzene rings is 3. The number of carbonyl (C=O) groups excluding carboxylic acids is 3. The molecule has 1 aliphatic heterocycles. The van der Waals surface area contributed by atoms with Crippen molar-refractivity contribution in [3.8, 4) is 16.9 Å². The smallest absolute Gasteiger partial charge is 0.251 e. The average Bonchev–Trinajstić information content (AvgIpc) is 3.62. The van der Waals surface area contributed by atoms with E-state index in [4.69, 9.17) is 15.3 Å². The largest absolute Gasteiger partial charge is 0.496 e. The van der Waals surface area contributed by atoms with Crippen LogP contribution < -0.4 is 26.0 Å². The molecule has 0 aromatic heterocycles. The molecule has 0 radical (unpaired) electrons. The number of primary amides is 1. The van der Waals surface area contributed by atoms with Gasteiger partial charge in [0.1, 0.15) is 17.9 Å². The monoisotopic (exact) mass is 824 g/mol. The number of nitrogens with one attached hydrogen (secondary N) is 2. The van der Waals surface area contributed by atoms with Gasteiger partial charge in [0, 0.05) is 48.1 Å². The Balaban J connectivity index is 1.20. The maximum Gasteiger partial charge on any atom is 0.251 e. The Kier molecular flexibility index (Phi) is 12.1. The van der Waals surface area contributed by atoms with Gasteiger partial charge in [-0.05, 0) is 99.2 Å². The highest BCUT2D eigenvalue weighted by Gasteiger charge is 2.78. The molecule has 3 aromatic carbocycles. The number of para-hydroxylation sites is 1. The third-order valence-corrected chi connectivity index (χ3v) is 14.4. The molecule has 5 fully saturated rings. The fraction of sp³-hybridized carbons (Fsp3) is 0.553. The van der Waals surface area contributed by atoms with Crippen molar-refractivity contribution in [3.05, 3.63) is 83.4 Å². The predicted octanol–water partition coefficient (Wildman–Crippen LogP) is 3.99. The third kappa shape index (κ3) is 8.14. The minimum atomic E-state index is -1.22. The number of fused-ring (bicyclic) bond motifs is 2. The van der Waals surface area contributed by atoms with E-state index in [-0.39, 0.29) is 49.0 Å². The number of anilines is 1. The number of carbonyl (C=O) groups is 3. The summed E-state index contributed by atoms with van der Waals surface area (Å²) >= 11 is 0. The zero-order valence-electron chi connectivity index (χ0n) is 36.4. The molecule has 1 heterocycles. The molecule has 6 N–H and O–H groups in total. The van der Waals surface area contributed by atoms with E-state index in [0.717, 1.165) is 12.0 Å². The Labute approximate surface area is 354 Å². The van der Waals surface area contributed by atoms with Crippen molar-refractivity contribution in [1.82, 2.24) is 20.6 Å². The molecule has 2 bridgehead atoms. The Morgan fingerprint density at radius 2 is 1.75 bits per heavy atom. The summed E-state index contributed by atoms with van der Waals surface area (Å²) in [5.41, 5.74) is 7.81. The lowest BCUT2D eigenvalue weighted by Crippen LogP contribution is -2.62. The topological polar surface area (TPSA) is 170 Å². The van der Waals surface area contributed by atoms with Gasteiger partial charge in [0.15, 0.2) is 0 Å². The molecule has 3 aromatic rings. The number of nitrogens with two attached hydrogens (primary N) is 1. The summed E-state index contributed by atoms with van der Waals surface area (Å²) in [6, 6.07) is 20.1. The first-order valence-electron chi connectivity index (χ1n) is 21.3. The maximum absolute atomic E-state index is 14.6. The molecule has 324 valence electrons. The zero-order chi connectivity index (χ0) is 43.3. The summed E-state index contributed by atoms with van der Waals surface area (Å²) in [6.45, 7) is 8.91. The van der Waals surface area contributed by atoms with Crippen LogP contribution in [0, 0.1) is 28.6 Å². The second kappa shape index (κ2) is 16.7. The molecule has 60 heavy (non-hydrogen) atoms. The lowest BCUT2D eigenvalue weighted by Gasteiger charge is -2.62. The van der Waals surface area contributed by atoms with Gasteiger partial charge < -0.3 is 41.1 Å². The van der Waals surface area contributed by atoms with Gasteiger partial charge in [-0.25, -0.2) is 0 Å². The van der Waals surface area contributed by atoms with E-state index in [1.165, 1.54) is 6.42 Å². The number of aliphatic hydroxyl groups is 2. The highest BCUT2D eigenvalue weighted by atomic mass is 16.7. The fourth-order valence-corrected chi connectivity index (χ4v) is 11.0. The molecule has 4 saturated carbocycles. The molecule has 13 nitrogen and oxygen atoms in total. The van der Waals surface area contributed by atoms with Crippen LogP contribution in [0.5, 0.6) is 5.75 Å². The summed E-state index contributed by atoms with van der Waals surface area (Å²) in [5, 5.41) is 30.4. The zero-order valence-corrected chi connectivity index (χ0v) is 36.4. The molecule has 4 aliphatic carbocycles. The van der Waals surface area contributed by atoms with Gasteiger partial charge in [-0.15, -0.1) is 0 Å². The molecule has 1 saturated heterocycles. The molecule has 1 unspecified atom stereocenters. The van der Waals surface area contributed by atoms with E-state index < -0.39 is 29.1 Å². The average molecular weight is 825 g/mol. The lowest BCUT2D eigenvalue weighted by molar-refractivity contribution is -0.183. The van der Waals surface area contributed by atoms with Crippen molar-refractivity contribution in [2.24, 2.45) is 34.3 Å². The van der Waals surface area contributed by atoms with Crippen LogP contribution >= 0.6 is 0 Å². The molecule has 3 amide bonds. The van der Waals surface area contributed by atoms with Crippen molar-refractivity contribution >= 4 is 23.4 Å². The number of nitrogens with zero attached hydrogens (tertiary/aromatic N) is 3. The number of likely N-dealkylation sites (N-methyl/N-ethyl adjacent to an activating group) is 2. The second-order valence-electron chi connectivity index (χ2n) is 19.0. The van der Waals surface area contributed by atoms with Gasteiger partial charge in [0.2, 0.25) is 11.8 Å². The minimum absolute atomic E-state index is 0.00535. The van der Waals surface area contributed by atoms with Crippen molar-refractivity contribution in [1.29, 1.82) is 0 Å². The predicted molar refractivity (Wildman–Crippen MR) is 231 cm³/mol. The molecule has 13 heteroatoms. The van der Waals surface area contributed by atoms with Crippen LogP contribution in [0.2, 0.25) is 0 Å². The summed E-state index contributed by atoms with van der Waals surface area (Å²) in [7, 11) is 7.26. The van der Waals surface area contributed by atoms with Gasteiger partial charge in [-0.1, -0.05) is 69.3 Å². The molecule has 9 atom stereocenters. The van der Waals surface area contributed by atoms with Crippen LogP contribution in [-0.4, -0.2) is 116 Å². The van der Waals surface area contributed by atoms with Crippen molar-refractivity contribution in [3.63, 3.8) is 0 Å². The van der Waals surface area contributed by atoms with Crippen molar-refractivity contribution in [2.75, 3.05) is 52.8 Å². The summed E-state index contributed by atoms with van der Waals surface area (Å²) in [5.74, 6) is 0.884. The van der Waals surface area contributed by atoms with Gasteiger partial charge in [0.25, 0.3) is 5.91 Å². The lowest BCUT2D eigenvalue weighted by atomic mass is 9.45. The summed E-state index contributed by atoms with van der Waals surface area (Å²) in [6.07, 6.45) is 2.25. The molecule has 1 spiro atoms. The Hall–Kier alpha value is -4.53. The summed E-state index contributed by atoms with van der Waals surface area (Å²) in [4.78, 5) is 51.0. The number of hydroxylamine groups is 2. The number of rotatable bonds is 16. The first-order chi connectivity index (χ1) is 28.4. The molecule has 5 aliphatic rings. The Morgan fingerprint density at radius 1 is 1.03 bits per heavy atom. The third-order valence-electron chi connectivity index (χ3n) is 14.4. The number of amides is 3. The van der Waals surface area contributed by atoms with E-state index >= 15 is 0 Å². The normalized spacial score (nSPS) is 29.4. The van der Waals surface area contributed by atoms with Gasteiger partial charge in [0.05, 0.1) is 37.8 Å². The highest BCUT2D eigenvalue weighted by Crippen LogP contribution is 2.66. The van der Waals surface area contributed by atoms with Crippen LogP contribution in [0.15, 0.2) is 66.7 Å². The van der Waals surface area contributed by atoms with E-state index in [9.17, 15) is 24.6 Å². The first-order valence-corrected chi connectivity index (χ1v) is 21.3. The van der Waals surface area contributed by atoms with Gasteiger partial charge in [-0.2, -0.15) is 5.06 Å². The van der Waals surface area contributed by atoms with E-state index in [1.54, 1.807) is 37.1 Å². The summed E-state index contributed by atoms with van der Waals surface area (Å²) < 4.78 is 6.13. The first kappa shape index (κ1) is 43.6. The number of hydrogen-bond acceptors (Lipinski definition) is 10. The van der Waals surface area contributed by atoms with Crippen molar-refractivity contribution in [2.45, 2.75) is 89.8 Å². The number of ether oxygens (including phenoxy) is 1. The number of hydrogen-bond donors (Lipinski definition) is 5. The number of aliphatic hydroxyl groups excluding tert-OH is 1. The van der Waals surface area contributed by atoms with E-state index in [1.807, 2.05) is 79.7 Å². The Bertz CT molecular complexity index is 2080. The highest BCUT2D eigenvalue weighted by molar-refractivity contribution is 5.97. The van der Waals surface area contributed by atoms with Gasteiger partial charge in [-0.3, -0.25) is 19.2 Å². The fourth-order valence-electron chi connectivity index (χ4n) is 11.0. The second-order valence-corrected chi connectivity index (χ2v) is 19.0. The van der Waals surface area contributed by atoms with Crippen LogP contribution in [0.3, 0.4) is 0 Å². The van der Waals surface area contributed by atoms with Crippen LogP contribution in [0.4, 0.5) is 5.69 Å². The van der Waals surface area contributed by atoms with Gasteiger partial charge >= 0.3 is 0 Å².